The van der Waals surface area contributed by atoms with Gasteiger partial charge in [-0.2, -0.15) is 0 Å². The van der Waals surface area contributed by atoms with Crippen molar-refractivity contribution in [2.24, 2.45) is 0 Å². The Morgan fingerprint density at radius 1 is 0.962 bits per heavy atom. The molecule has 4 aromatic rings. The van der Waals surface area contributed by atoms with E-state index in [0.717, 1.165) is 16.7 Å². The van der Waals surface area contributed by atoms with Gasteiger partial charge in [-0.25, -0.2) is 27.5 Å². The number of halogens is 3. The van der Waals surface area contributed by atoms with Gasteiger partial charge < -0.3 is 10.3 Å². The summed E-state index contributed by atoms with van der Waals surface area (Å²) in [5, 5.41) is 2.59. The highest BCUT2D eigenvalue weighted by Gasteiger charge is 2.15. The normalized spacial score (nSPS) is 11.0. The molecule has 2 heterocycles. The number of nitrogens with zero attached hydrogens (tertiary/aromatic N) is 2. The van der Waals surface area contributed by atoms with Gasteiger partial charge in [0.05, 0.1) is 23.1 Å². The lowest BCUT2D eigenvalue weighted by molar-refractivity contribution is 0.591. The average Bonchev–Trinajstić information content (AvgIpc) is 2.94. The second-order valence-electron chi connectivity index (χ2n) is 5.53. The van der Waals surface area contributed by atoms with Gasteiger partial charge in [-0.1, -0.05) is 18.2 Å². The molecule has 2 aromatic heterocycles. The second-order valence-corrected chi connectivity index (χ2v) is 5.53. The first kappa shape index (κ1) is 15.9. The standard InChI is InChI=1S/C18H11F3N4O/c19-11-4-1-2-7-15(11)25-17-14(24-18(25)26)8-10(9-22-17)23-16-12(20)5-3-6-13(16)21/h1-9,23H,(H,24,26). The summed E-state index contributed by atoms with van der Waals surface area (Å²) in [4.78, 5) is 18.9. The second kappa shape index (κ2) is 6.07. The number of nitrogens with one attached hydrogen (secondary N) is 2. The number of anilines is 2. The van der Waals surface area contributed by atoms with E-state index < -0.39 is 23.1 Å². The van der Waals surface area contributed by atoms with Gasteiger partial charge in [0.15, 0.2) is 5.65 Å². The Bertz CT molecular complexity index is 1160. The number of hydrogen-bond acceptors (Lipinski definition) is 3. The topological polar surface area (TPSA) is 62.7 Å². The van der Waals surface area contributed by atoms with Crippen molar-refractivity contribution < 1.29 is 13.2 Å². The lowest BCUT2D eigenvalue weighted by Crippen LogP contribution is -2.16. The molecule has 0 bridgehead atoms. The molecule has 0 fully saturated rings. The summed E-state index contributed by atoms with van der Waals surface area (Å²) in [5.41, 5.74) is -0.100. The van der Waals surface area contributed by atoms with Gasteiger partial charge >= 0.3 is 5.69 Å². The van der Waals surface area contributed by atoms with Gasteiger partial charge in [0.1, 0.15) is 23.1 Å². The van der Waals surface area contributed by atoms with E-state index in [1.54, 1.807) is 6.07 Å². The lowest BCUT2D eigenvalue weighted by atomic mass is 10.2. The number of H-pyrrole nitrogens is 1. The van der Waals surface area contributed by atoms with Crippen molar-refractivity contribution in [1.82, 2.24) is 14.5 Å². The molecule has 8 heteroatoms. The van der Waals surface area contributed by atoms with E-state index in [-0.39, 0.29) is 22.7 Å². The molecule has 4 rings (SSSR count). The summed E-state index contributed by atoms with van der Waals surface area (Å²) in [6.07, 6.45) is 1.30. The van der Waals surface area contributed by atoms with Gasteiger partial charge in [-0.3, -0.25) is 0 Å². The van der Waals surface area contributed by atoms with Crippen molar-refractivity contribution in [2.45, 2.75) is 0 Å². The zero-order chi connectivity index (χ0) is 18.3. The predicted molar refractivity (Wildman–Crippen MR) is 91.3 cm³/mol. The Hall–Kier alpha value is -3.55. The number of hydrogen-bond donors (Lipinski definition) is 2. The zero-order valence-corrected chi connectivity index (χ0v) is 13.1. The molecule has 5 nitrogen and oxygen atoms in total. The number of fused-ring (bicyclic) bond motifs is 1. The van der Waals surface area contributed by atoms with Crippen LogP contribution in [-0.4, -0.2) is 14.5 Å². The SMILES string of the molecule is O=c1[nH]c2cc(Nc3c(F)cccc3F)cnc2n1-c1ccccc1F. The number of aromatic nitrogens is 3. The van der Waals surface area contributed by atoms with E-state index >= 15 is 0 Å². The van der Waals surface area contributed by atoms with Crippen LogP contribution in [0, 0.1) is 17.5 Å². The maximum Gasteiger partial charge on any atom is 0.332 e. The Balaban J connectivity index is 1.81. The molecular formula is C18H11F3N4O. The first-order valence-electron chi connectivity index (χ1n) is 7.61. The Kier molecular flexibility index (Phi) is 3.72. The van der Waals surface area contributed by atoms with Crippen LogP contribution in [0.3, 0.4) is 0 Å². The molecule has 0 saturated heterocycles. The summed E-state index contributed by atoms with van der Waals surface area (Å²) < 4.78 is 42.6. The number of rotatable bonds is 3. The number of para-hydroxylation sites is 2. The van der Waals surface area contributed by atoms with E-state index in [1.807, 2.05) is 0 Å². The van der Waals surface area contributed by atoms with Crippen molar-refractivity contribution >= 4 is 22.5 Å². The van der Waals surface area contributed by atoms with Crippen LogP contribution in [0.5, 0.6) is 0 Å². The van der Waals surface area contributed by atoms with Crippen LogP contribution in [0.1, 0.15) is 0 Å². The number of imidazole rings is 1. The summed E-state index contributed by atoms with van der Waals surface area (Å²) in [6, 6.07) is 10.7. The third-order valence-electron chi connectivity index (χ3n) is 3.85. The van der Waals surface area contributed by atoms with Crippen LogP contribution < -0.4 is 11.0 Å². The largest absolute Gasteiger partial charge is 0.349 e. The highest BCUT2D eigenvalue weighted by atomic mass is 19.1. The Labute approximate surface area is 144 Å². The van der Waals surface area contributed by atoms with Crippen molar-refractivity contribution in [3.8, 4) is 5.69 Å². The zero-order valence-electron chi connectivity index (χ0n) is 13.1. The maximum absolute atomic E-state index is 14.0. The van der Waals surface area contributed by atoms with Crippen LogP contribution in [0.2, 0.25) is 0 Å². The van der Waals surface area contributed by atoms with Crippen LogP contribution in [0.25, 0.3) is 16.9 Å². The molecule has 0 atom stereocenters. The van der Waals surface area contributed by atoms with Gasteiger partial charge in [0.25, 0.3) is 0 Å². The molecule has 26 heavy (non-hydrogen) atoms. The van der Waals surface area contributed by atoms with E-state index in [4.69, 9.17) is 0 Å². The minimum atomic E-state index is -0.762. The van der Waals surface area contributed by atoms with Crippen LogP contribution in [-0.2, 0) is 0 Å². The van der Waals surface area contributed by atoms with Gasteiger partial charge in [0.2, 0.25) is 0 Å². The number of pyridine rings is 1. The van der Waals surface area contributed by atoms with Crippen LogP contribution in [0.4, 0.5) is 24.5 Å². The highest BCUT2D eigenvalue weighted by Crippen LogP contribution is 2.25. The molecule has 0 spiro atoms. The summed E-state index contributed by atoms with van der Waals surface area (Å²) in [6.45, 7) is 0. The quantitative estimate of drug-likeness (QED) is 0.586. The van der Waals surface area contributed by atoms with E-state index in [9.17, 15) is 18.0 Å². The van der Waals surface area contributed by atoms with Gasteiger partial charge in [0, 0.05) is 0 Å². The van der Waals surface area contributed by atoms with E-state index in [0.29, 0.717) is 5.52 Å². The smallest absolute Gasteiger partial charge is 0.332 e. The van der Waals surface area contributed by atoms with Gasteiger partial charge in [-0.15, -0.1) is 0 Å². The van der Waals surface area contributed by atoms with E-state index in [1.165, 1.54) is 36.5 Å². The summed E-state index contributed by atoms with van der Waals surface area (Å²) >= 11 is 0. The first-order chi connectivity index (χ1) is 12.5. The number of benzene rings is 2. The third kappa shape index (κ3) is 2.61. The fourth-order valence-electron chi connectivity index (χ4n) is 2.68. The van der Waals surface area contributed by atoms with Crippen LogP contribution in [0.15, 0.2) is 59.5 Å². The maximum atomic E-state index is 14.0. The molecule has 0 unspecified atom stereocenters. The van der Waals surface area contributed by atoms with Crippen molar-refractivity contribution in [1.29, 1.82) is 0 Å². The van der Waals surface area contributed by atoms with Crippen molar-refractivity contribution in [3.05, 3.63) is 82.7 Å². The monoisotopic (exact) mass is 356 g/mol. The molecular weight excluding hydrogens is 345 g/mol. The molecule has 2 N–H and O–H groups in total. The molecule has 0 aliphatic heterocycles. The Morgan fingerprint density at radius 3 is 2.38 bits per heavy atom. The molecule has 0 amide bonds. The fraction of sp³-hybridized carbons (Fsp3) is 0. The molecule has 0 aliphatic carbocycles. The molecule has 0 radical (unpaired) electrons. The third-order valence-corrected chi connectivity index (χ3v) is 3.85. The van der Waals surface area contributed by atoms with Crippen LogP contribution >= 0.6 is 0 Å². The van der Waals surface area contributed by atoms with Gasteiger partial charge in [-0.05, 0) is 30.3 Å². The highest BCUT2D eigenvalue weighted by molar-refractivity contribution is 5.78. The number of aromatic amines is 1. The van der Waals surface area contributed by atoms with Crippen molar-refractivity contribution in [2.75, 3.05) is 5.32 Å². The average molecular weight is 356 g/mol. The van der Waals surface area contributed by atoms with E-state index in [2.05, 4.69) is 15.3 Å². The summed E-state index contributed by atoms with van der Waals surface area (Å²) in [7, 11) is 0. The fourth-order valence-corrected chi connectivity index (χ4v) is 2.68. The van der Waals surface area contributed by atoms with Crippen molar-refractivity contribution in [3.63, 3.8) is 0 Å². The Morgan fingerprint density at radius 2 is 1.65 bits per heavy atom. The summed E-state index contributed by atoms with van der Waals surface area (Å²) in [5.74, 6) is -2.10. The minimum Gasteiger partial charge on any atom is -0.349 e. The predicted octanol–water partition coefficient (Wildman–Crippen LogP) is 3.87. The molecule has 0 saturated carbocycles. The molecule has 0 aliphatic rings. The lowest BCUT2D eigenvalue weighted by Gasteiger charge is -2.09. The first-order valence-corrected chi connectivity index (χ1v) is 7.61. The minimum absolute atomic E-state index is 0.0529. The molecule has 130 valence electrons. The molecule has 2 aromatic carbocycles.